The molecule has 1 spiro atoms. The highest BCUT2D eigenvalue weighted by Crippen LogP contribution is 2.34. The van der Waals surface area contributed by atoms with Crippen molar-refractivity contribution in [2.24, 2.45) is 0 Å². The van der Waals surface area contributed by atoms with Crippen LogP contribution in [0.3, 0.4) is 0 Å². The SMILES string of the molecule is O=C(NC1CC1)c1cccc(S(=O)(=O)N2CCOCC23CCOC3)c1. The molecule has 3 aliphatic rings. The van der Waals surface area contributed by atoms with Gasteiger partial charge in [-0.05, 0) is 37.5 Å². The first-order valence-corrected chi connectivity index (χ1v) is 10.0. The van der Waals surface area contributed by atoms with Crippen molar-refractivity contribution in [3.8, 4) is 0 Å². The first kappa shape index (κ1) is 17.0. The van der Waals surface area contributed by atoms with Crippen molar-refractivity contribution in [2.75, 3.05) is 33.0 Å². The molecule has 1 unspecified atom stereocenters. The summed E-state index contributed by atoms with van der Waals surface area (Å²) in [4.78, 5) is 12.4. The lowest BCUT2D eigenvalue weighted by atomic mass is 9.99. The van der Waals surface area contributed by atoms with Gasteiger partial charge in [0.25, 0.3) is 5.91 Å². The van der Waals surface area contributed by atoms with Gasteiger partial charge in [0.05, 0.1) is 30.3 Å². The number of ether oxygens (including phenoxy) is 2. The van der Waals surface area contributed by atoms with Gasteiger partial charge in [0.2, 0.25) is 10.0 Å². The maximum Gasteiger partial charge on any atom is 0.251 e. The molecule has 1 amide bonds. The Labute approximate surface area is 147 Å². The summed E-state index contributed by atoms with van der Waals surface area (Å²) in [5.74, 6) is -0.222. The molecule has 0 aromatic heterocycles. The van der Waals surface area contributed by atoms with E-state index in [1.165, 1.54) is 10.4 Å². The van der Waals surface area contributed by atoms with Gasteiger partial charge in [-0.2, -0.15) is 4.31 Å². The zero-order valence-electron chi connectivity index (χ0n) is 13.9. The number of sulfonamides is 1. The number of nitrogens with one attached hydrogen (secondary N) is 1. The maximum atomic E-state index is 13.2. The molecule has 1 aliphatic carbocycles. The second kappa shape index (κ2) is 6.35. The minimum Gasteiger partial charge on any atom is -0.379 e. The van der Waals surface area contributed by atoms with E-state index in [-0.39, 0.29) is 16.8 Å². The van der Waals surface area contributed by atoms with Crippen molar-refractivity contribution >= 4 is 15.9 Å². The summed E-state index contributed by atoms with van der Waals surface area (Å²) in [7, 11) is -3.73. The minimum absolute atomic E-state index is 0.143. The second-order valence-electron chi connectivity index (χ2n) is 6.93. The first-order valence-electron chi connectivity index (χ1n) is 8.61. The molecule has 3 fully saturated rings. The summed E-state index contributed by atoms with van der Waals surface area (Å²) in [5, 5.41) is 2.89. The number of nitrogens with zero attached hydrogens (tertiary/aromatic N) is 1. The van der Waals surface area contributed by atoms with E-state index >= 15 is 0 Å². The van der Waals surface area contributed by atoms with Crippen LogP contribution in [-0.2, 0) is 19.5 Å². The average molecular weight is 366 g/mol. The van der Waals surface area contributed by atoms with Gasteiger partial charge in [-0.25, -0.2) is 8.42 Å². The van der Waals surface area contributed by atoms with E-state index in [0.29, 0.717) is 45.0 Å². The highest BCUT2D eigenvalue weighted by Gasteiger charge is 2.49. The van der Waals surface area contributed by atoms with Crippen LogP contribution in [0.4, 0.5) is 0 Å². The zero-order valence-corrected chi connectivity index (χ0v) is 14.8. The number of hydrogen-bond donors (Lipinski definition) is 1. The number of carbonyl (C=O) groups excluding carboxylic acids is 1. The number of benzene rings is 1. The lowest BCUT2D eigenvalue weighted by Crippen LogP contribution is -2.59. The van der Waals surface area contributed by atoms with Crippen LogP contribution in [0.5, 0.6) is 0 Å². The van der Waals surface area contributed by atoms with E-state index in [4.69, 9.17) is 9.47 Å². The fraction of sp³-hybridized carbons (Fsp3) is 0.588. The molecule has 4 rings (SSSR count). The summed E-state index contributed by atoms with van der Waals surface area (Å²) in [6.07, 6.45) is 2.59. The Balaban J connectivity index is 1.64. The molecule has 1 saturated carbocycles. The van der Waals surface area contributed by atoms with E-state index in [0.717, 1.165) is 12.8 Å². The van der Waals surface area contributed by atoms with Gasteiger partial charge < -0.3 is 14.8 Å². The van der Waals surface area contributed by atoms with Crippen molar-refractivity contribution in [3.63, 3.8) is 0 Å². The fourth-order valence-corrected chi connectivity index (χ4v) is 5.22. The summed E-state index contributed by atoms with van der Waals surface area (Å²) in [5.41, 5.74) is -0.262. The van der Waals surface area contributed by atoms with Gasteiger partial charge in [-0.15, -0.1) is 0 Å². The van der Waals surface area contributed by atoms with Crippen molar-refractivity contribution in [1.29, 1.82) is 0 Å². The predicted molar refractivity (Wildman–Crippen MR) is 89.8 cm³/mol. The van der Waals surface area contributed by atoms with E-state index in [9.17, 15) is 13.2 Å². The Kier molecular flexibility index (Phi) is 4.31. The maximum absolute atomic E-state index is 13.2. The monoisotopic (exact) mass is 366 g/mol. The molecular formula is C17H22N2O5S. The number of carbonyl (C=O) groups is 1. The predicted octanol–water partition coefficient (Wildman–Crippen LogP) is 0.759. The highest BCUT2D eigenvalue weighted by atomic mass is 32.2. The van der Waals surface area contributed by atoms with Crippen LogP contribution < -0.4 is 5.32 Å². The molecule has 25 heavy (non-hydrogen) atoms. The van der Waals surface area contributed by atoms with Gasteiger partial charge >= 0.3 is 0 Å². The Morgan fingerprint density at radius 1 is 1.20 bits per heavy atom. The minimum atomic E-state index is -3.73. The van der Waals surface area contributed by atoms with E-state index < -0.39 is 15.6 Å². The van der Waals surface area contributed by atoms with Crippen molar-refractivity contribution in [3.05, 3.63) is 29.8 Å². The zero-order chi connectivity index (χ0) is 17.5. The van der Waals surface area contributed by atoms with Gasteiger partial charge in [0, 0.05) is 24.8 Å². The number of rotatable bonds is 4. The molecule has 2 heterocycles. The van der Waals surface area contributed by atoms with Crippen LogP contribution in [0, 0.1) is 0 Å². The number of amides is 1. The molecule has 0 bridgehead atoms. The average Bonchev–Trinajstić information content (AvgIpc) is 3.32. The van der Waals surface area contributed by atoms with Crippen LogP contribution in [0.25, 0.3) is 0 Å². The van der Waals surface area contributed by atoms with Crippen LogP contribution in [0.1, 0.15) is 29.6 Å². The molecule has 2 saturated heterocycles. The Bertz CT molecular complexity index is 769. The summed E-state index contributed by atoms with van der Waals surface area (Å²) >= 11 is 0. The lowest BCUT2D eigenvalue weighted by Gasteiger charge is -2.42. The molecule has 1 atom stereocenters. The summed E-state index contributed by atoms with van der Waals surface area (Å²) < 4.78 is 39.0. The van der Waals surface area contributed by atoms with Crippen LogP contribution >= 0.6 is 0 Å². The third-order valence-electron chi connectivity index (χ3n) is 5.02. The molecule has 1 aromatic carbocycles. The molecule has 136 valence electrons. The van der Waals surface area contributed by atoms with Gasteiger partial charge in [0.1, 0.15) is 0 Å². The Hall–Kier alpha value is -1.48. The van der Waals surface area contributed by atoms with E-state index in [1.54, 1.807) is 18.2 Å². The number of hydrogen-bond acceptors (Lipinski definition) is 5. The molecule has 8 heteroatoms. The Morgan fingerprint density at radius 2 is 1.96 bits per heavy atom. The van der Waals surface area contributed by atoms with Crippen molar-refractivity contribution < 1.29 is 22.7 Å². The third-order valence-corrected chi connectivity index (χ3v) is 7.02. The molecule has 2 aliphatic heterocycles. The Morgan fingerprint density at radius 3 is 2.64 bits per heavy atom. The van der Waals surface area contributed by atoms with Crippen LogP contribution in [0.2, 0.25) is 0 Å². The summed E-state index contributed by atoms with van der Waals surface area (Å²) in [6.45, 7) is 1.87. The van der Waals surface area contributed by atoms with Crippen molar-refractivity contribution in [2.45, 2.75) is 35.7 Å². The number of morpholine rings is 1. The molecule has 1 aromatic rings. The highest BCUT2D eigenvalue weighted by molar-refractivity contribution is 7.89. The van der Waals surface area contributed by atoms with Gasteiger partial charge in [0.15, 0.2) is 0 Å². The van der Waals surface area contributed by atoms with Crippen molar-refractivity contribution in [1.82, 2.24) is 9.62 Å². The second-order valence-corrected chi connectivity index (χ2v) is 8.79. The quantitative estimate of drug-likeness (QED) is 0.850. The standard InChI is InChI=1S/C17H22N2O5S/c20-16(18-14-4-5-14)13-2-1-3-15(10-13)25(21,22)19-7-9-24-12-17(19)6-8-23-11-17/h1-3,10,14H,4-9,11-12H2,(H,18,20). The van der Waals surface area contributed by atoms with Crippen LogP contribution in [-0.4, -0.2) is 63.2 Å². The first-order chi connectivity index (χ1) is 12.0. The largest absolute Gasteiger partial charge is 0.379 e. The van der Waals surface area contributed by atoms with Crippen LogP contribution in [0.15, 0.2) is 29.2 Å². The van der Waals surface area contributed by atoms with E-state index in [1.807, 2.05) is 0 Å². The summed E-state index contributed by atoms with van der Waals surface area (Å²) in [6, 6.07) is 6.50. The molecule has 0 radical (unpaired) electrons. The van der Waals surface area contributed by atoms with E-state index in [2.05, 4.69) is 5.32 Å². The van der Waals surface area contributed by atoms with Gasteiger partial charge in [-0.3, -0.25) is 4.79 Å². The normalized spacial score (nSPS) is 27.5. The molecule has 1 N–H and O–H groups in total. The molecular weight excluding hydrogens is 344 g/mol. The van der Waals surface area contributed by atoms with Gasteiger partial charge in [-0.1, -0.05) is 6.07 Å². The smallest absolute Gasteiger partial charge is 0.251 e. The molecule has 7 nitrogen and oxygen atoms in total. The topological polar surface area (TPSA) is 84.9 Å². The fourth-order valence-electron chi connectivity index (χ4n) is 3.42. The third kappa shape index (κ3) is 3.19. The lowest BCUT2D eigenvalue weighted by molar-refractivity contribution is -0.0293.